The highest BCUT2D eigenvalue weighted by atomic mass is 16.5. The van der Waals surface area contributed by atoms with Gasteiger partial charge in [0, 0.05) is 42.1 Å². The van der Waals surface area contributed by atoms with E-state index in [1.165, 1.54) is 0 Å². The number of ether oxygens (including phenoxy) is 2. The third-order valence-corrected chi connectivity index (χ3v) is 5.25. The summed E-state index contributed by atoms with van der Waals surface area (Å²) in [6, 6.07) is 14.8. The number of rotatable bonds is 9. The monoisotopic (exact) mass is 468 g/mol. The Morgan fingerprint density at radius 2 is 1.97 bits per heavy atom. The maximum atomic E-state index is 12.9. The fourth-order valence-electron chi connectivity index (χ4n) is 3.63. The molecular formula is C26H24N6O3. The molecule has 35 heavy (non-hydrogen) atoms. The zero-order chi connectivity index (χ0) is 24.0. The van der Waals surface area contributed by atoms with Gasteiger partial charge in [0.05, 0.1) is 30.7 Å². The highest BCUT2D eigenvalue weighted by molar-refractivity contribution is 6.04. The van der Waals surface area contributed by atoms with Crippen molar-refractivity contribution in [3.8, 4) is 11.5 Å². The molecule has 0 unspecified atom stereocenters. The molecular weight excluding hydrogens is 444 g/mol. The summed E-state index contributed by atoms with van der Waals surface area (Å²) in [5, 5.41) is 7.23. The van der Waals surface area contributed by atoms with E-state index in [0.29, 0.717) is 42.5 Å². The van der Waals surface area contributed by atoms with Crippen molar-refractivity contribution in [1.29, 1.82) is 0 Å². The van der Waals surface area contributed by atoms with E-state index >= 15 is 0 Å². The molecule has 4 aromatic heterocycles. The molecule has 0 bridgehead atoms. The van der Waals surface area contributed by atoms with E-state index in [1.54, 1.807) is 47.7 Å². The molecule has 176 valence electrons. The van der Waals surface area contributed by atoms with E-state index in [-0.39, 0.29) is 5.91 Å². The second kappa shape index (κ2) is 10.1. The van der Waals surface area contributed by atoms with Crippen LogP contribution in [0, 0.1) is 0 Å². The SMILES string of the molecule is CCOc1cc(C(=O)Nc2cnn(Cc3cn4ccccc4n3)c2)ccc1OCc1cccnc1. The van der Waals surface area contributed by atoms with Crippen molar-refractivity contribution in [2.24, 2.45) is 0 Å². The Balaban J connectivity index is 1.25. The van der Waals surface area contributed by atoms with Gasteiger partial charge in [-0.3, -0.25) is 14.5 Å². The molecule has 1 amide bonds. The number of hydrogen-bond donors (Lipinski definition) is 1. The highest BCUT2D eigenvalue weighted by Gasteiger charge is 2.13. The van der Waals surface area contributed by atoms with Crippen LogP contribution in [-0.4, -0.2) is 36.7 Å². The number of nitrogens with one attached hydrogen (secondary N) is 1. The number of carbonyl (C=O) groups is 1. The number of nitrogens with zero attached hydrogens (tertiary/aromatic N) is 5. The number of fused-ring (bicyclic) bond motifs is 1. The Bertz CT molecular complexity index is 1410. The summed E-state index contributed by atoms with van der Waals surface area (Å²) in [7, 11) is 0. The van der Waals surface area contributed by atoms with Gasteiger partial charge >= 0.3 is 0 Å². The van der Waals surface area contributed by atoms with Crippen molar-refractivity contribution in [3.05, 3.63) is 103 Å². The van der Waals surface area contributed by atoms with E-state index in [0.717, 1.165) is 16.9 Å². The van der Waals surface area contributed by atoms with Crippen LogP contribution < -0.4 is 14.8 Å². The van der Waals surface area contributed by atoms with Gasteiger partial charge in [-0.2, -0.15) is 5.10 Å². The zero-order valence-electron chi connectivity index (χ0n) is 19.2. The second-order valence-electron chi connectivity index (χ2n) is 7.82. The van der Waals surface area contributed by atoms with E-state index in [4.69, 9.17) is 9.47 Å². The first-order valence-corrected chi connectivity index (χ1v) is 11.2. The Hall–Kier alpha value is -4.66. The van der Waals surface area contributed by atoms with Gasteiger partial charge in [-0.15, -0.1) is 0 Å². The predicted molar refractivity (Wildman–Crippen MR) is 131 cm³/mol. The van der Waals surface area contributed by atoms with Crippen LogP contribution >= 0.6 is 0 Å². The quantitative estimate of drug-likeness (QED) is 0.348. The number of anilines is 1. The summed E-state index contributed by atoms with van der Waals surface area (Å²) in [6.45, 7) is 3.18. The first kappa shape index (κ1) is 22.1. The lowest BCUT2D eigenvalue weighted by atomic mass is 10.2. The third-order valence-electron chi connectivity index (χ3n) is 5.25. The summed E-state index contributed by atoms with van der Waals surface area (Å²) in [6.07, 6.45) is 10.8. The molecule has 4 heterocycles. The van der Waals surface area contributed by atoms with Gasteiger partial charge in [0.15, 0.2) is 11.5 Å². The molecule has 5 aromatic rings. The minimum Gasteiger partial charge on any atom is -0.490 e. The van der Waals surface area contributed by atoms with Gasteiger partial charge < -0.3 is 19.2 Å². The molecule has 0 aliphatic heterocycles. The van der Waals surface area contributed by atoms with Crippen molar-refractivity contribution in [3.63, 3.8) is 0 Å². The summed E-state index contributed by atoms with van der Waals surface area (Å²) in [4.78, 5) is 21.6. The van der Waals surface area contributed by atoms with Crippen LogP contribution in [0.1, 0.15) is 28.5 Å². The molecule has 0 atom stereocenters. The summed E-state index contributed by atoms with van der Waals surface area (Å²) in [5.74, 6) is 0.802. The van der Waals surface area contributed by atoms with Crippen LogP contribution in [0.2, 0.25) is 0 Å². The summed E-state index contributed by atoms with van der Waals surface area (Å²) < 4.78 is 15.3. The van der Waals surface area contributed by atoms with Crippen LogP contribution in [0.4, 0.5) is 5.69 Å². The minimum atomic E-state index is -0.267. The molecule has 9 heteroatoms. The third kappa shape index (κ3) is 5.30. The minimum absolute atomic E-state index is 0.267. The van der Waals surface area contributed by atoms with Crippen LogP contribution in [0.15, 0.2) is 85.7 Å². The molecule has 0 spiro atoms. The van der Waals surface area contributed by atoms with Crippen LogP contribution in [-0.2, 0) is 13.2 Å². The van der Waals surface area contributed by atoms with Crippen LogP contribution in [0.5, 0.6) is 11.5 Å². The molecule has 9 nitrogen and oxygen atoms in total. The fourth-order valence-corrected chi connectivity index (χ4v) is 3.63. The van der Waals surface area contributed by atoms with Gasteiger partial charge in [0.25, 0.3) is 5.91 Å². The Kier molecular flexibility index (Phi) is 6.38. The summed E-state index contributed by atoms with van der Waals surface area (Å²) >= 11 is 0. The highest BCUT2D eigenvalue weighted by Crippen LogP contribution is 2.29. The molecule has 1 N–H and O–H groups in total. The van der Waals surface area contributed by atoms with E-state index < -0.39 is 0 Å². The Morgan fingerprint density at radius 3 is 2.80 bits per heavy atom. The topological polar surface area (TPSA) is 95.6 Å². The first-order valence-electron chi connectivity index (χ1n) is 11.2. The maximum Gasteiger partial charge on any atom is 0.255 e. The number of benzene rings is 1. The number of imidazole rings is 1. The number of hydrogen-bond acceptors (Lipinski definition) is 6. The lowest BCUT2D eigenvalue weighted by Gasteiger charge is -2.13. The molecule has 5 rings (SSSR count). The number of aromatic nitrogens is 5. The summed E-state index contributed by atoms with van der Waals surface area (Å²) in [5.41, 5.74) is 3.74. The molecule has 0 radical (unpaired) electrons. The van der Waals surface area contributed by atoms with Gasteiger partial charge in [0.1, 0.15) is 12.3 Å². The van der Waals surface area contributed by atoms with Crippen molar-refractivity contribution >= 4 is 17.2 Å². The fraction of sp³-hybridized carbons (Fsp3) is 0.154. The lowest BCUT2D eigenvalue weighted by Crippen LogP contribution is -2.12. The van der Waals surface area contributed by atoms with Crippen molar-refractivity contribution in [2.45, 2.75) is 20.1 Å². The van der Waals surface area contributed by atoms with Crippen molar-refractivity contribution in [1.82, 2.24) is 24.1 Å². The molecule has 0 aliphatic carbocycles. The molecule has 0 saturated heterocycles. The van der Waals surface area contributed by atoms with Crippen LogP contribution in [0.25, 0.3) is 5.65 Å². The lowest BCUT2D eigenvalue weighted by molar-refractivity contribution is 0.102. The van der Waals surface area contributed by atoms with Gasteiger partial charge in [-0.1, -0.05) is 12.1 Å². The van der Waals surface area contributed by atoms with Crippen molar-refractivity contribution < 1.29 is 14.3 Å². The molecule has 0 aliphatic rings. The number of carbonyl (C=O) groups excluding carboxylic acids is 1. The predicted octanol–water partition coefficient (Wildman–Crippen LogP) is 4.20. The Labute approximate surface area is 202 Å². The molecule has 0 fully saturated rings. The maximum absolute atomic E-state index is 12.9. The van der Waals surface area contributed by atoms with Crippen LogP contribution in [0.3, 0.4) is 0 Å². The average Bonchev–Trinajstić information content (AvgIpc) is 3.50. The van der Waals surface area contributed by atoms with Gasteiger partial charge in [-0.05, 0) is 43.3 Å². The van der Waals surface area contributed by atoms with Gasteiger partial charge in [-0.25, -0.2) is 4.98 Å². The first-order chi connectivity index (χ1) is 17.2. The van der Waals surface area contributed by atoms with E-state index in [9.17, 15) is 4.79 Å². The van der Waals surface area contributed by atoms with E-state index in [1.807, 2.05) is 54.0 Å². The van der Waals surface area contributed by atoms with Gasteiger partial charge in [0.2, 0.25) is 0 Å². The number of amides is 1. The second-order valence-corrected chi connectivity index (χ2v) is 7.82. The zero-order valence-corrected chi connectivity index (χ0v) is 19.2. The van der Waals surface area contributed by atoms with E-state index in [2.05, 4.69) is 20.4 Å². The Morgan fingerprint density at radius 1 is 1.03 bits per heavy atom. The molecule has 1 aromatic carbocycles. The molecule has 0 saturated carbocycles. The smallest absolute Gasteiger partial charge is 0.255 e. The van der Waals surface area contributed by atoms with Crippen molar-refractivity contribution in [2.75, 3.05) is 11.9 Å². The standard InChI is InChI=1S/C26H24N6O3/c1-2-34-24-12-20(8-9-23(24)35-18-19-6-5-10-27-13-19)26(33)30-21-14-28-32(16-21)17-22-15-31-11-4-3-7-25(31)29-22/h3-16H,2,17-18H2,1H3,(H,30,33). The number of pyridine rings is 2. The normalized spacial score (nSPS) is 10.9. The average molecular weight is 469 g/mol. The largest absolute Gasteiger partial charge is 0.490 e.